The Balaban J connectivity index is 3.33. The van der Waals surface area contributed by atoms with Crippen molar-refractivity contribution in [3.63, 3.8) is 0 Å². The van der Waals surface area contributed by atoms with Crippen LogP contribution in [0.25, 0.3) is 0 Å². The maximum absolute atomic E-state index is 10.4. The lowest BCUT2D eigenvalue weighted by atomic mass is 10.2. The molecule has 0 heterocycles. The van der Waals surface area contributed by atoms with Gasteiger partial charge in [0.25, 0.3) is 0 Å². The molecule has 0 saturated carbocycles. The monoisotopic (exact) mass is 142 g/mol. The van der Waals surface area contributed by atoms with E-state index in [0.717, 1.165) is 12.8 Å². The molecular formula is C8H14O2. The molecule has 0 aromatic rings. The van der Waals surface area contributed by atoms with Crippen molar-refractivity contribution >= 4 is 5.97 Å². The molecule has 2 heteroatoms. The highest BCUT2D eigenvalue weighted by molar-refractivity contribution is 5.66. The summed E-state index contributed by atoms with van der Waals surface area (Å²) in [4.78, 5) is 10.4. The fraction of sp³-hybridized carbons (Fsp3) is 0.625. The van der Waals surface area contributed by atoms with Crippen LogP contribution in [0.15, 0.2) is 12.7 Å². The lowest BCUT2D eigenvalue weighted by molar-refractivity contribution is -0.145. The normalized spacial score (nSPS) is 12.2. The first-order valence-corrected chi connectivity index (χ1v) is 3.45. The van der Waals surface area contributed by atoms with Crippen LogP contribution >= 0.6 is 0 Å². The van der Waals surface area contributed by atoms with Crippen molar-refractivity contribution in [2.75, 3.05) is 0 Å². The molecule has 1 atom stereocenters. The van der Waals surface area contributed by atoms with Crippen molar-refractivity contribution in [1.82, 2.24) is 0 Å². The molecule has 10 heavy (non-hydrogen) atoms. The Bertz CT molecular complexity index is 118. The molecule has 0 aliphatic rings. The Morgan fingerprint density at radius 2 is 2.40 bits per heavy atom. The zero-order chi connectivity index (χ0) is 7.98. The van der Waals surface area contributed by atoms with Crippen LogP contribution in [0.5, 0.6) is 0 Å². The van der Waals surface area contributed by atoms with Gasteiger partial charge in [0.05, 0.1) is 6.10 Å². The van der Waals surface area contributed by atoms with Gasteiger partial charge in [-0.3, -0.25) is 4.79 Å². The van der Waals surface area contributed by atoms with Gasteiger partial charge in [0.1, 0.15) is 0 Å². The second-order valence-electron chi connectivity index (χ2n) is 2.29. The van der Waals surface area contributed by atoms with E-state index in [1.54, 1.807) is 0 Å². The molecule has 0 unspecified atom stereocenters. The van der Waals surface area contributed by atoms with Crippen molar-refractivity contribution < 1.29 is 9.53 Å². The highest BCUT2D eigenvalue weighted by atomic mass is 16.5. The van der Waals surface area contributed by atoms with Crippen molar-refractivity contribution in [3.8, 4) is 0 Å². The molecule has 0 aliphatic carbocycles. The first-order valence-electron chi connectivity index (χ1n) is 3.45. The van der Waals surface area contributed by atoms with E-state index in [9.17, 15) is 4.79 Å². The Kier molecular flexibility index (Phi) is 4.63. The lowest BCUT2D eigenvalue weighted by Crippen LogP contribution is -2.11. The minimum atomic E-state index is -0.212. The molecule has 0 aromatic heterocycles. The maximum Gasteiger partial charge on any atom is 0.302 e. The van der Waals surface area contributed by atoms with Crippen molar-refractivity contribution in [2.24, 2.45) is 0 Å². The third kappa shape index (κ3) is 5.35. The Hall–Kier alpha value is -0.790. The molecular weight excluding hydrogens is 128 g/mol. The Labute approximate surface area is 61.9 Å². The van der Waals surface area contributed by atoms with Gasteiger partial charge in [0, 0.05) is 6.92 Å². The second-order valence-corrected chi connectivity index (χ2v) is 2.29. The summed E-state index contributed by atoms with van der Waals surface area (Å²) < 4.78 is 4.87. The highest BCUT2D eigenvalue weighted by Crippen LogP contribution is 2.01. The van der Waals surface area contributed by atoms with Gasteiger partial charge in [-0.1, -0.05) is 6.08 Å². The number of rotatable bonds is 4. The zero-order valence-electron chi connectivity index (χ0n) is 6.59. The van der Waals surface area contributed by atoms with E-state index in [-0.39, 0.29) is 12.1 Å². The fourth-order valence-electron chi connectivity index (χ4n) is 0.695. The van der Waals surface area contributed by atoms with Crippen LogP contribution < -0.4 is 0 Å². The summed E-state index contributed by atoms with van der Waals surface area (Å²) in [5.74, 6) is -0.212. The maximum atomic E-state index is 10.4. The van der Waals surface area contributed by atoms with Crippen LogP contribution in [0, 0.1) is 0 Å². The summed E-state index contributed by atoms with van der Waals surface area (Å²) in [5, 5.41) is 0. The number of allylic oxidation sites excluding steroid dienone is 1. The van der Waals surface area contributed by atoms with Gasteiger partial charge in [-0.05, 0) is 19.8 Å². The van der Waals surface area contributed by atoms with Crippen molar-refractivity contribution in [2.45, 2.75) is 32.8 Å². The number of carbonyl (C=O) groups is 1. The molecule has 0 spiro atoms. The summed E-state index contributed by atoms with van der Waals surface area (Å²) in [6.07, 6.45) is 3.60. The summed E-state index contributed by atoms with van der Waals surface area (Å²) in [5.41, 5.74) is 0. The number of esters is 1. The van der Waals surface area contributed by atoms with Crippen molar-refractivity contribution in [1.29, 1.82) is 0 Å². The van der Waals surface area contributed by atoms with E-state index in [1.807, 2.05) is 13.0 Å². The van der Waals surface area contributed by atoms with Gasteiger partial charge >= 0.3 is 5.97 Å². The van der Waals surface area contributed by atoms with Crippen LogP contribution in [-0.4, -0.2) is 12.1 Å². The largest absolute Gasteiger partial charge is 0.463 e. The van der Waals surface area contributed by atoms with Gasteiger partial charge in [-0.25, -0.2) is 0 Å². The van der Waals surface area contributed by atoms with Gasteiger partial charge in [0.2, 0.25) is 0 Å². The number of hydrogen-bond donors (Lipinski definition) is 0. The van der Waals surface area contributed by atoms with Gasteiger partial charge in [0.15, 0.2) is 0 Å². The van der Waals surface area contributed by atoms with Crippen LogP contribution in [0.2, 0.25) is 0 Å². The Morgan fingerprint density at radius 1 is 1.80 bits per heavy atom. The van der Waals surface area contributed by atoms with Crippen LogP contribution in [-0.2, 0) is 9.53 Å². The van der Waals surface area contributed by atoms with Crippen LogP contribution in [0.3, 0.4) is 0 Å². The van der Waals surface area contributed by atoms with Crippen LogP contribution in [0.1, 0.15) is 26.7 Å². The highest BCUT2D eigenvalue weighted by Gasteiger charge is 2.02. The van der Waals surface area contributed by atoms with Crippen LogP contribution in [0.4, 0.5) is 0 Å². The first kappa shape index (κ1) is 9.21. The van der Waals surface area contributed by atoms with E-state index in [4.69, 9.17) is 4.74 Å². The molecule has 2 nitrogen and oxygen atoms in total. The smallest absolute Gasteiger partial charge is 0.302 e. The fourth-order valence-corrected chi connectivity index (χ4v) is 0.695. The SMILES string of the molecule is C=CCC[C@@H](C)OC(C)=O. The minimum absolute atomic E-state index is 0.0236. The zero-order valence-corrected chi connectivity index (χ0v) is 6.59. The molecule has 0 aliphatic heterocycles. The molecule has 0 radical (unpaired) electrons. The average molecular weight is 142 g/mol. The van der Waals surface area contributed by atoms with E-state index < -0.39 is 0 Å². The van der Waals surface area contributed by atoms with Crippen molar-refractivity contribution in [3.05, 3.63) is 12.7 Å². The Morgan fingerprint density at radius 3 is 2.80 bits per heavy atom. The first-order chi connectivity index (χ1) is 4.66. The molecule has 0 rings (SSSR count). The third-order valence-electron chi connectivity index (χ3n) is 1.14. The molecule has 0 aromatic carbocycles. The minimum Gasteiger partial charge on any atom is -0.463 e. The average Bonchev–Trinajstić information content (AvgIpc) is 1.82. The molecule has 0 saturated heterocycles. The molecule has 0 bridgehead atoms. The van der Waals surface area contributed by atoms with Gasteiger partial charge in [-0.15, -0.1) is 6.58 Å². The quantitative estimate of drug-likeness (QED) is 0.442. The standard InChI is InChI=1S/C8H14O2/c1-4-5-6-7(2)10-8(3)9/h4,7H,1,5-6H2,2-3H3/t7-/m1/s1. The number of hydrogen-bond acceptors (Lipinski definition) is 2. The lowest BCUT2D eigenvalue weighted by Gasteiger charge is -2.09. The van der Waals surface area contributed by atoms with Gasteiger partial charge < -0.3 is 4.74 Å². The third-order valence-corrected chi connectivity index (χ3v) is 1.14. The molecule has 0 fully saturated rings. The molecule has 0 amide bonds. The topological polar surface area (TPSA) is 26.3 Å². The van der Waals surface area contributed by atoms with E-state index in [0.29, 0.717) is 0 Å². The summed E-state index contributed by atoms with van der Waals surface area (Å²) in [6, 6.07) is 0. The molecule has 0 N–H and O–H groups in total. The van der Waals surface area contributed by atoms with E-state index in [2.05, 4.69) is 6.58 Å². The summed E-state index contributed by atoms with van der Waals surface area (Å²) in [6.45, 7) is 6.87. The number of ether oxygens (including phenoxy) is 1. The van der Waals surface area contributed by atoms with Gasteiger partial charge in [-0.2, -0.15) is 0 Å². The number of carbonyl (C=O) groups excluding carboxylic acids is 1. The molecule has 58 valence electrons. The van der Waals surface area contributed by atoms with E-state index in [1.165, 1.54) is 6.92 Å². The predicted octanol–water partition coefficient (Wildman–Crippen LogP) is 1.90. The second kappa shape index (κ2) is 5.03. The summed E-state index contributed by atoms with van der Waals surface area (Å²) in [7, 11) is 0. The summed E-state index contributed by atoms with van der Waals surface area (Å²) >= 11 is 0. The van der Waals surface area contributed by atoms with E-state index >= 15 is 0 Å². The predicted molar refractivity (Wildman–Crippen MR) is 40.7 cm³/mol.